The Hall–Kier alpha value is -0.420. The molecule has 5 heteroatoms. The van der Waals surface area contributed by atoms with Crippen molar-refractivity contribution in [1.29, 1.82) is 0 Å². The molecule has 0 bridgehead atoms. The fourth-order valence-corrected chi connectivity index (χ4v) is 3.72. The third-order valence-electron chi connectivity index (χ3n) is 2.94. The van der Waals surface area contributed by atoms with Gasteiger partial charge in [-0.3, -0.25) is 4.79 Å². The molecule has 0 spiro atoms. The number of carbonyl (C=O) groups is 1. The fraction of sp³-hybridized carbons (Fsp3) is 0.889. The van der Waals surface area contributed by atoms with Crippen molar-refractivity contribution in [3.63, 3.8) is 0 Å². The van der Waals surface area contributed by atoms with Crippen LogP contribution in [0.5, 0.6) is 0 Å². The third kappa shape index (κ3) is 1.70. The Balaban J connectivity index is 2.09. The van der Waals surface area contributed by atoms with E-state index in [0.29, 0.717) is 19.5 Å². The maximum atomic E-state index is 11.8. The zero-order valence-electron chi connectivity index (χ0n) is 8.27. The highest BCUT2D eigenvalue weighted by atomic mass is 32.2. The summed E-state index contributed by atoms with van der Waals surface area (Å²) < 4.78 is 25.1. The molecule has 1 saturated carbocycles. The Labute approximate surface area is 84.3 Å². The van der Waals surface area contributed by atoms with Crippen molar-refractivity contribution >= 4 is 15.8 Å². The number of nitrogens with zero attached hydrogens (tertiary/aromatic N) is 1. The molecule has 80 valence electrons. The van der Waals surface area contributed by atoms with E-state index in [1.807, 2.05) is 0 Å². The van der Waals surface area contributed by atoms with Crippen molar-refractivity contribution in [2.75, 3.05) is 13.1 Å². The molecular weight excluding hydrogens is 202 g/mol. The van der Waals surface area contributed by atoms with Crippen LogP contribution >= 0.6 is 0 Å². The molecule has 1 saturated heterocycles. The first-order valence-electron chi connectivity index (χ1n) is 5.03. The number of hydrogen-bond donors (Lipinski definition) is 0. The quantitative estimate of drug-likeness (QED) is 0.672. The number of piperidine rings is 1. The summed E-state index contributed by atoms with van der Waals surface area (Å²) in [5.41, 5.74) is 0. The summed E-state index contributed by atoms with van der Waals surface area (Å²) in [4.78, 5) is 11.2. The Morgan fingerprint density at radius 2 is 2.00 bits per heavy atom. The van der Waals surface area contributed by atoms with Gasteiger partial charge in [0.15, 0.2) is 0 Å². The molecule has 1 atom stereocenters. The van der Waals surface area contributed by atoms with Gasteiger partial charge in [0.25, 0.3) is 0 Å². The molecule has 1 aliphatic carbocycles. The van der Waals surface area contributed by atoms with Crippen molar-refractivity contribution in [3.05, 3.63) is 0 Å². The van der Waals surface area contributed by atoms with Crippen LogP contribution in [0.3, 0.4) is 0 Å². The molecule has 0 N–H and O–H groups in total. The average molecular weight is 217 g/mol. The Bertz CT molecular complexity index is 345. The summed E-state index contributed by atoms with van der Waals surface area (Å²) in [6, 6.07) is 0. The van der Waals surface area contributed by atoms with Crippen LogP contribution in [-0.4, -0.2) is 36.8 Å². The van der Waals surface area contributed by atoms with E-state index in [9.17, 15) is 13.2 Å². The predicted molar refractivity (Wildman–Crippen MR) is 52.3 cm³/mol. The van der Waals surface area contributed by atoms with Crippen LogP contribution in [0, 0.1) is 5.92 Å². The van der Waals surface area contributed by atoms with Gasteiger partial charge in [0.2, 0.25) is 10.0 Å². The van der Waals surface area contributed by atoms with Gasteiger partial charge in [0, 0.05) is 25.4 Å². The van der Waals surface area contributed by atoms with E-state index in [1.165, 1.54) is 4.31 Å². The molecule has 0 aromatic carbocycles. The van der Waals surface area contributed by atoms with Gasteiger partial charge in [-0.05, 0) is 12.8 Å². The minimum atomic E-state index is -3.06. The lowest BCUT2D eigenvalue weighted by Gasteiger charge is -2.29. The summed E-state index contributed by atoms with van der Waals surface area (Å²) in [5.74, 6) is 0.0597. The Morgan fingerprint density at radius 3 is 2.50 bits per heavy atom. The molecule has 0 aromatic heterocycles. The fourth-order valence-electron chi connectivity index (χ4n) is 1.79. The van der Waals surface area contributed by atoms with Gasteiger partial charge in [-0.1, -0.05) is 6.92 Å². The molecule has 14 heavy (non-hydrogen) atoms. The van der Waals surface area contributed by atoms with E-state index in [4.69, 9.17) is 0 Å². The average Bonchev–Trinajstić information content (AvgIpc) is 2.92. The molecule has 2 aliphatic rings. The first-order valence-corrected chi connectivity index (χ1v) is 6.54. The van der Waals surface area contributed by atoms with Crippen LogP contribution in [0.15, 0.2) is 0 Å². The van der Waals surface area contributed by atoms with Crippen LogP contribution in [0.1, 0.15) is 26.2 Å². The molecule has 1 aliphatic heterocycles. The second kappa shape index (κ2) is 3.31. The summed E-state index contributed by atoms with van der Waals surface area (Å²) in [6.07, 6.45) is 1.97. The molecule has 0 aromatic rings. The summed E-state index contributed by atoms with van der Waals surface area (Å²) in [5, 5.41) is -0.150. The van der Waals surface area contributed by atoms with Gasteiger partial charge in [-0.25, -0.2) is 12.7 Å². The molecule has 1 unspecified atom stereocenters. The first-order chi connectivity index (χ1) is 6.51. The lowest BCUT2D eigenvalue weighted by atomic mass is 10.0. The normalized spacial score (nSPS) is 30.6. The van der Waals surface area contributed by atoms with Crippen molar-refractivity contribution in [3.8, 4) is 0 Å². The van der Waals surface area contributed by atoms with E-state index in [-0.39, 0.29) is 17.0 Å². The van der Waals surface area contributed by atoms with Gasteiger partial charge in [-0.15, -0.1) is 0 Å². The lowest BCUT2D eigenvalue weighted by Crippen LogP contribution is -2.44. The first kappa shape index (κ1) is 10.1. The lowest BCUT2D eigenvalue weighted by molar-refractivity contribution is -0.124. The van der Waals surface area contributed by atoms with Crippen LogP contribution in [0.2, 0.25) is 0 Å². The molecule has 4 nitrogen and oxygen atoms in total. The van der Waals surface area contributed by atoms with Crippen molar-refractivity contribution in [2.24, 2.45) is 5.92 Å². The predicted octanol–water partition coefficient (Wildman–Crippen LogP) is 0.390. The minimum absolute atomic E-state index is 0.128. The van der Waals surface area contributed by atoms with Crippen LogP contribution in [-0.2, 0) is 14.8 Å². The monoisotopic (exact) mass is 217 g/mol. The maximum Gasteiger partial charge on any atom is 0.217 e. The summed E-state index contributed by atoms with van der Waals surface area (Å²) in [6.45, 7) is 2.58. The maximum absolute atomic E-state index is 11.8. The van der Waals surface area contributed by atoms with Crippen LogP contribution < -0.4 is 0 Å². The van der Waals surface area contributed by atoms with Crippen molar-refractivity contribution in [2.45, 2.75) is 31.4 Å². The number of rotatable bonds is 2. The summed E-state index contributed by atoms with van der Waals surface area (Å²) >= 11 is 0. The largest absolute Gasteiger partial charge is 0.299 e. The molecule has 0 amide bonds. The highest BCUT2D eigenvalue weighted by Crippen LogP contribution is 2.32. The second-order valence-corrected chi connectivity index (χ2v) is 6.43. The van der Waals surface area contributed by atoms with E-state index < -0.39 is 10.0 Å². The number of ketones is 1. The molecule has 2 fully saturated rings. The van der Waals surface area contributed by atoms with Gasteiger partial charge >= 0.3 is 0 Å². The number of Topliss-reactive ketones (excluding diaryl/α,β-unsaturated/α-hetero) is 1. The minimum Gasteiger partial charge on any atom is -0.299 e. The standard InChI is InChI=1S/C9H15NO3S/c1-7-6-10(5-4-9(7)11)14(12,13)8-2-3-8/h7-8H,2-6H2,1H3. The zero-order chi connectivity index (χ0) is 10.3. The molecule has 1 heterocycles. The molecule has 0 radical (unpaired) electrons. The highest BCUT2D eigenvalue weighted by Gasteiger charge is 2.42. The smallest absolute Gasteiger partial charge is 0.217 e. The van der Waals surface area contributed by atoms with Crippen LogP contribution in [0.4, 0.5) is 0 Å². The highest BCUT2D eigenvalue weighted by molar-refractivity contribution is 7.90. The van der Waals surface area contributed by atoms with E-state index in [0.717, 1.165) is 12.8 Å². The van der Waals surface area contributed by atoms with E-state index in [1.54, 1.807) is 6.92 Å². The van der Waals surface area contributed by atoms with Gasteiger partial charge in [-0.2, -0.15) is 0 Å². The Morgan fingerprint density at radius 1 is 1.36 bits per heavy atom. The Kier molecular flexibility index (Phi) is 2.39. The van der Waals surface area contributed by atoms with Gasteiger partial charge < -0.3 is 0 Å². The van der Waals surface area contributed by atoms with Gasteiger partial charge in [0.1, 0.15) is 5.78 Å². The van der Waals surface area contributed by atoms with Crippen molar-refractivity contribution < 1.29 is 13.2 Å². The summed E-state index contributed by atoms with van der Waals surface area (Å²) in [7, 11) is -3.06. The zero-order valence-corrected chi connectivity index (χ0v) is 9.09. The number of hydrogen-bond acceptors (Lipinski definition) is 3. The molecular formula is C9H15NO3S. The van der Waals surface area contributed by atoms with Crippen LogP contribution in [0.25, 0.3) is 0 Å². The van der Waals surface area contributed by atoms with E-state index in [2.05, 4.69) is 0 Å². The van der Waals surface area contributed by atoms with Crippen molar-refractivity contribution in [1.82, 2.24) is 4.31 Å². The molecule has 2 rings (SSSR count). The number of carbonyl (C=O) groups excluding carboxylic acids is 1. The third-order valence-corrected chi connectivity index (χ3v) is 5.31. The van der Waals surface area contributed by atoms with Gasteiger partial charge in [0.05, 0.1) is 5.25 Å². The SMILES string of the molecule is CC1CN(S(=O)(=O)C2CC2)CCC1=O. The number of sulfonamides is 1. The van der Waals surface area contributed by atoms with E-state index >= 15 is 0 Å². The topological polar surface area (TPSA) is 54.5 Å². The second-order valence-electron chi connectivity index (χ2n) is 4.22.